The van der Waals surface area contributed by atoms with E-state index in [-0.39, 0.29) is 11.3 Å². The van der Waals surface area contributed by atoms with Gasteiger partial charge >= 0.3 is 0 Å². The average molecular weight is 319 g/mol. The van der Waals surface area contributed by atoms with E-state index in [4.69, 9.17) is 22.7 Å². The summed E-state index contributed by atoms with van der Waals surface area (Å²) in [6.07, 6.45) is 0. The number of rotatable bonds is 3. The summed E-state index contributed by atoms with van der Waals surface area (Å²) in [6.45, 7) is 6.60. The first kappa shape index (κ1) is 15.9. The standard InChI is InChI=1S/C17H19ClN2S/c1-17(2,3)12-5-7-13(8-6-12)21-15-9-4-11(16(19)20)10-14(15)18/h4-10H,1-3H3,(H3,19,20). The molecule has 2 rings (SSSR count). The smallest absolute Gasteiger partial charge is 0.122 e. The summed E-state index contributed by atoms with van der Waals surface area (Å²) in [7, 11) is 0. The summed E-state index contributed by atoms with van der Waals surface area (Å²) < 4.78 is 0. The SMILES string of the molecule is CC(C)(C)c1ccc(Sc2ccc(C(=N)N)cc2Cl)cc1. The van der Waals surface area contributed by atoms with Gasteiger partial charge < -0.3 is 5.73 Å². The maximum atomic E-state index is 7.42. The zero-order chi connectivity index (χ0) is 15.6. The van der Waals surface area contributed by atoms with Crippen molar-refractivity contribution in [3.63, 3.8) is 0 Å². The van der Waals surface area contributed by atoms with Crippen LogP contribution in [0.5, 0.6) is 0 Å². The molecule has 0 atom stereocenters. The van der Waals surface area contributed by atoms with Gasteiger partial charge in [0.25, 0.3) is 0 Å². The van der Waals surface area contributed by atoms with Crippen LogP contribution in [0.1, 0.15) is 31.9 Å². The largest absolute Gasteiger partial charge is 0.384 e. The highest BCUT2D eigenvalue weighted by Gasteiger charge is 2.13. The fourth-order valence-corrected chi connectivity index (χ4v) is 3.02. The second kappa shape index (κ2) is 6.12. The molecule has 0 fully saturated rings. The summed E-state index contributed by atoms with van der Waals surface area (Å²) >= 11 is 7.86. The molecule has 0 amide bonds. The Kier molecular flexibility index (Phi) is 4.64. The topological polar surface area (TPSA) is 49.9 Å². The number of halogens is 1. The van der Waals surface area contributed by atoms with Crippen LogP contribution < -0.4 is 5.73 Å². The molecular weight excluding hydrogens is 300 g/mol. The van der Waals surface area contributed by atoms with Gasteiger partial charge in [-0.1, -0.05) is 62.3 Å². The zero-order valence-corrected chi connectivity index (χ0v) is 14.0. The van der Waals surface area contributed by atoms with E-state index < -0.39 is 0 Å². The maximum Gasteiger partial charge on any atom is 0.122 e. The van der Waals surface area contributed by atoms with Crippen LogP contribution in [-0.2, 0) is 5.41 Å². The normalized spacial score (nSPS) is 11.4. The Morgan fingerprint density at radius 2 is 1.71 bits per heavy atom. The van der Waals surface area contributed by atoms with E-state index in [1.54, 1.807) is 17.8 Å². The van der Waals surface area contributed by atoms with Crippen molar-refractivity contribution in [3.8, 4) is 0 Å². The van der Waals surface area contributed by atoms with Crippen LogP contribution in [0.2, 0.25) is 5.02 Å². The lowest BCUT2D eigenvalue weighted by atomic mass is 9.87. The third-order valence-corrected chi connectivity index (χ3v) is 4.70. The highest BCUT2D eigenvalue weighted by atomic mass is 35.5. The number of nitrogens with two attached hydrogens (primary N) is 1. The molecule has 4 heteroatoms. The highest BCUT2D eigenvalue weighted by molar-refractivity contribution is 7.99. The van der Waals surface area contributed by atoms with Crippen molar-refractivity contribution in [2.45, 2.75) is 36.0 Å². The van der Waals surface area contributed by atoms with Gasteiger partial charge in [0.15, 0.2) is 0 Å². The van der Waals surface area contributed by atoms with Crippen LogP contribution in [0.3, 0.4) is 0 Å². The van der Waals surface area contributed by atoms with Gasteiger partial charge in [-0.25, -0.2) is 0 Å². The lowest BCUT2D eigenvalue weighted by Gasteiger charge is -2.19. The second-order valence-corrected chi connectivity index (χ2v) is 7.46. The number of hydrogen-bond acceptors (Lipinski definition) is 2. The maximum absolute atomic E-state index is 7.42. The minimum absolute atomic E-state index is 0.0305. The molecule has 0 saturated carbocycles. The van der Waals surface area contributed by atoms with E-state index in [0.717, 1.165) is 9.79 Å². The summed E-state index contributed by atoms with van der Waals surface area (Å²) in [6, 6.07) is 14.0. The molecule has 3 N–H and O–H groups in total. The molecule has 0 radical (unpaired) electrons. The number of nitrogens with one attached hydrogen (secondary N) is 1. The van der Waals surface area contributed by atoms with Crippen molar-refractivity contribution >= 4 is 29.2 Å². The molecule has 0 saturated heterocycles. The van der Waals surface area contributed by atoms with Gasteiger partial charge in [0.1, 0.15) is 5.84 Å². The molecule has 0 bridgehead atoms. The van der Waals surface area contributed by atoms with Crippen LogP contribution in [0.25, 0.3) is 0 Å². The van der Waals surface area contributed by atoms with Crippen molar-refractivity contribution in [3.05, 3.63) is 58.6 Å². The summed E-state index contributed by atoms with van der Waals surface area (Å²) in [5.41, 5.74) is 7.57. The lowest BCUT2D eigenvalue weighted by Crippen LogP contribution is -2.10. The third kappa shape index (κ3) is 4.02. The number of benzene rings is 2. The van der Waals surface area contributed by atoms with Crippen LogP contribution in [0.15, 0.2) is 52.3 Å². The molecule has 0 heterocycles. The van der Waals surface area contributed by atoms with E-state index >= 15 is 0 Å². The molecule has 2 aromatic rings. The van der Waals surface area contributed by atoms with Gasteiger partial charge in [0.05, 0.1) is 5.02 Å². The molecule has 0 unspecified atom stereocenters. The fourth-order valence-electron chi connectivity index (χ4n) is 1.90. The van der Waals surface area contributed by atoms with Gasteiger partial charge in [0.2, 0.25) is 0 Å². The van der Waals surface area contributed by atoms with E-state index in [0.29, 0.717) is 10.6 Å². The minimum Gasteiger partial charge on any atom is -0.384 e. The summed E-state index contributed by atoms with van der Waals surface area (Å²) in [5.74, 6) is 0.0305. The second-order valence-electron chi connectivity index (χ2n) is 5.94. The monoisotopic (exact) mass is 318 g/mol. The molecule has 0 aliphatic rings. The van der Waals surface area contributed by atoms with Crippen molar-refractivity contribution in [1.29, 1.82) is 5.41 Å². The Bertz CT molecular complexity index is 657. The van der Waals surface area contributed by atoms with Crippen molar-refractivity contribution in [2.75, 3.05) is 0 Å². The van der Waals surface area contributed by atoms with Gasteiger partial charge in [-0.15, -0.1) is 0 Å². The Balaban J connectivity index is 2.20. The summed E-state index contributed by atoms with van der Waals surface area (Å²) in [4.78, 5) is 2.10. The molecule has 0 spiro atoms. The van der Waals surface area contributed by atoms with E-state index in [9.17, 15) is 0 Å². The molecule has 0 aromatic heterocycles. The van der Waals surface area contributed by atoms with Gasteiger partial charge in [-0.3, -0.25) is 5.41 Å². The molecule has 0 aliphatic heterocycles. The van der Waals surface area contributed by atoms with Gasteiger partial charge in [-0.05, 0) is 35.2 Å². The fraction of sp³-hybridized carbons (Fsp3) is 0.235. The van der Waals surface area contributed by atoms with Gasteiger partial charge in [0, 0.05) is 15.4 Å². The molecule has 2 aromatic carbocycles. The Morgan fingerprint density at radius 3 is 2.19 bits per heavy atom. The Hall–Kier alpha value is -1.45. The predicted molar refractivity (Wildman–Crippen MR) is 91.7 cm³/mol. The van der Waals surface area contributed by atoms with Gasteiger partial charge in [-0.2, -0.15) is 0 Å². The van der Waals surface area contributed by atoms with Crippen molar-refractivity contribution in [2.24, 2.45) is 5.73 Å². The zero-order valence-electron chi connectivity index (χ0n) is 12.4. The van der Waals surface area contributed by atoms with Crippen molar-refractivity contribution in [1.82, 2.24) is 0 Å². The first-order valence-corrected chi connectivity index (χ1v) is 7.89. The average Bonchev–Trinajstić information content (AvgIpc) is 2.40. The minimum atomic E-state index is 0.0305. The van der Waals surface area contributed by atoms with Crippen molar-refractivity contribution < 1.29 is 0 Å². The Morgan fingerprint density at radius 1 is 1.10 bits per heavy atom. The quantitative estimate of drug-likeness (QED) is 0.613. The molecule has 2 nitrogen and oxygen atoms in total. The Labute approximate surface area is 135 Å². The van der Waals surface area contributed by atoms with Crippen LogP contribution in [0, 0.1) is 5.41 Å². The number of amidine groups is 1. The predicted octanol–water partition coefficient (Wildman–Crippen LogP) is 5.07. The molecular formula is C17H19ClN2S. The number of hydrogen-bond donors (Lipinski definition) is 2. The lowest BCUT2D eigenvalue weighted by molar-refractivity contribution is 0.590. The van der Waals surface area contributed by atoms with Crippen LogP contribution >= 0.6 is 23.4 Å². The third-order valence-electron chi connectivity index (χ3n) is 3.19. The van der Waals surface area contributed by atoms with Crippen LogP contribution in [-0.4, -0.2) is 5.84 Å². The highest BCUT2D eigenvalue weighted by Crippen LogP contribution is 2.34. The molecule has 110 valence electrons. The molecule has 0 aliphatic carbocycles. The molecule has 21 heavy (non-hydrogen) atoms. The van der Waals surface area contributed by atoms with Crippen LogP contribution in [0.4, 0.5) is 0 Å². The first-order chi connectivity index (χ1) is 9.77. The summed E-state index contributed by atoms with van der Waals surface area (Å²) in [5, 5.41) is 8.04. The van der Waals surface area contributed by atoms with E-state index in [1.165, 1.54) is 5.56 Å². The number of nitrogen functional groups attached to an aromatic ring is 1. The van der Waals surface area contributed by atoms with E-state index in [2.05, 4.69) is 45.0 Å². The first-order valence-electron chi connectivity index (χ1n) is 6.70. The van der Waals surface area contributed by atoms with E-state index in [1.807, 2.05) is 12.1 Å².